The fraction of sp³-hybridized carbons (Fsp3) is 0.429. The maximum absolute atomic E-state index is 12.5. The Morgan fingerprint density at radius 1 is 1.16 bits per heavy atom. The van der Waals surface area contributed by atoms with Crippen molar-refractivity contribution >= 4 is 17.5 Å². The Labute approximate surface area is 111 Å². The second-order valence-corrected chi connectivity index (χ2v) is 5.30. The predicted molar refractivity (Wildman–Crippen MR) is 70.1 cm³/mol. The molecule has 0 unspecified atom stereocenters. The number of anilines is 1. The Balaban J connectivity index is 2.03. The lowest BCUT2D eigenvalue weighted by atomic mass is 9.96. The van der Waals surface area contributed by atoms with Crippen LogP contribution in [0.25, 0.3) is 0 Å². The molecule has 1 fully saturated rings. The van der Waals surface area contributed by atoms with Gasteiger partial charge in [0.2, 0.25) is 5.91 Å². The van der Waals surface area contributed by atoms with E-state index in [-0.39, 0.29) is 18.2 Å². The molecule has 5 heteroatoms. The summed E-state index contributed by atoms with van der Waals surface area (Å²) in [5, 5.41) is 7.92. The second-order valence-electron chi connectivity index (χ2n) is 5.30. The van der Waals surface area contributed by atoms with Crippen molar-refractivity contribution in [2.75, 3.05) is 11.4 Å². The highest BCUT2D eigenvalue weighted by Gasteiger charge is 2.54. The van der Waals surface area contributed by atoms with Gasteiger partial charge in [0.1, 0.15) is 0 Å². The topological polar surface area (TPSA) is 62.1 Å². The van der Waals surface area contributed by atoms with Crippen LogP contribution in [0.5, 0.6) is 0 Å². The number of hydrogen-bond acceptors (Lipinski definition) is 4. The molecule has 19 heavy (non-hydrogen) atoms. The van der Waals surface area contributed by atoms with Crippen molar-refractivity contribution < 1.29 is 9.59 Å². The standard InChI is InChI=1S/C14H15N3O2/c1-9-5-10(2)7-11(6-9)17-12(18)8-14(13(17)19)3-4-15-16-14/h5-7H,3-4,8H2,1-2H3/t14-/m1/s1. The van der Waals surface area contributed by atoms with E-state index in [1.54, 1.807) is 0 Å². The zero-order valence-electron chi connectivity index (χ0n) is 11.0. The molecule has 0 N–H and O–H groups in total. The monoisotopic (exact) mass is 257 g/mol. The zero-order valence-corrected chi connectivity index (χ0v) is 11.0. The molecule has 3 rings (SSSR count). The van der Waals surface area contributed by atoms with Crippen LogP contribution < -0.4 is 4.90 Å². The van der Waals surface area contributed by atoms with Crippen molar-refractivity contribution in [1.82, 2.24) is 0 Å². The first-order valence-electron chi connectivity index (χ1n) is 6.36. The average Bonchev–Trinajstić information content (AvgIpc) is 2.85. The zero-order chi connectivity index (χ0) is 13.6. The number of rotatable bonds is 1. The SMILES string of the molecule is Cc1cc(C)cc(N2C(=O)C[C@]3(CCN=N3)C2=O)c1. The summed E-state index contributed by atoms with van der Waals surface area (Å²) in [7, 11) is 0. The normalized spacial score (nSPS) is 25.9. The van der Waals surface area contributed by atoms with E-state index in [0.29, 0.717) is 18.7 Å². The smallest absolute Gasteiger partial charge is 0.264 e. The third kappa shape index (κ3) is 1.77. The van der Waals surface area contributed by atoms with E-state index in [2.05, 4.69) is 10.2 Å². The van der Waals surface area contributed by atoms with E-state index in [4.69, 9.17) is 0 Å². The van der Waals surface area contributed by atoms with E-state index in [0.717, 1.165) is 11.1 Å². The van der Waals surface area contributed by atoms with Gasteiger partial charge >= 0.3 is 0 Å². The summed E-state index contributed by atoms with van der Waals surface area (Å²) in [5.41, 5.74) is 1.79. The predicted octanol–water partition coefficient (Wildman–Crippen LogP) is 2.16. The molecule has 0 aromatic heterocycles. The van der Waals surface area contributed by atoms with Gasteiger partial charge in [0.25, 0.3) is 5.91 Å². The maximum Gasteiger partial charge on any atom is 0.264 e. The highest BCUT2D eigenvalue weighted by molar-refractivity contribution is 6.24. The molecule has 0 radical (unpaired) electrons. The van der Waals surface area contributed by atoms with Gasteiger partial charge in [-0.3, -0.25) is 9.59 Å². The van der Waals surface area contributed by atoms with E-state index in [9.17, 15) is 9.59 Å². The number of azo groups is 1. The average molecular weight is 257 g/mol. The van der Waals surface area contributed by atoms with Crippen LogP contribution in [0, 0.1) is 13.8 Å². The van der Waals surface area contributed by atoms with Crippen molar-refractivity contribution in [3.8, 4) is 0 Å². The van der Waals surface area contributed by atoms with Gasteiger partial charge in [-0.1, -0.05) is 6.07 Å². The van der Waals surface area contributed by atoms with Crippen LogP contribution in [0.1, 0.15) is 24.0 Å². The molecule has 2 heterocycles. The fourth-order valence-corrected chi connectivity index (χ4v) is 2.81. The van der Waals surface area contributed by atoms with Crippen LogP contribution in [0.2, 0.25) is 0 Å². The lowest BCUT2D eigenvalue weighted by Gasteiger charge is -2.18. The molecular formula is C14H15N3O2. The van der Waals surface area contributed by atoms with Gasteiger partial charge in [-0.25, -0.2) is 4.90 Å². The Morgan fingerprint density at radius 2 is 1.84 bits per heavy atom. The molecule has 0 aliphatic carbocycles. The van der Waals surface area contributed by atoms with Crippen LogP contribution >= 0.6 is 0 Å². The van der Waals surface area contributed by atoms with Crippen molar-refractivity contribution in [2.45, 2.75) is 32.2 Å². The molecule has 0 bridgehead atoms. The molecule has 2 aliphatic heterocycles. The first kappa shape index (κ1) is 12.0. The summed E-state index contributed by atoms with van der Waals surface area (Å²) in [4.78, 5) is 26.0. The molecule has 1 aromatic rings. The Morgan fingerprint density at radius 3 is 2.42 bits per heavy atom. The minimum absolute atomic E-state index is 0.141. The molecule has 1 saturated heterocycles. The van der Waals surface area contributed by atoms with Crippen LogP contribution in [-0.4, -0.2) is 23.9 Å². The van der Waals surface area contributed by atoms with Gasteiger partial charge in [0.15, 0.2) is 5.54 Å². The highest BCUT2D eigenvalue weighted by Crippen LogP contribution is 2.38. The van der Waals surface area contributed by atoms with Gasteiger partial charge in [-0.2, -0.15) is 10.2 Å². The van der Waals surface area contributed by atoms with Crippen molar-refractivity contribution in [3.63, 3.8) is 0 Å². The maximum atomic E-state index is 12.5. The molecular weight excluding hydrogens is 242 g/mol. The lowest BCUT2D eigenvalue weighted by molar-refractivity contribution is -0.122. The van der Waals surface area contributed by atoms with Crippen LogP contribution in [0.15, 0.2) is 28.4 Å². The number of benzene rings is 1. The van der Waals surface area contributed by atoms with Gasteiger partial charge in [-0.05, 0) is 37.1 Å². The molecule has 1 spiro atoms. The minimum atomic E-state index is -0.922. The number of carbonyl (C=O) groups excluding carboxylic acids is 2. The molecule has 1 atom stereocenters. The summed E-state index contributed by atoms with van der Waals surface area (Å²) in [6.45, 7) is 4.43. The van der Waals surface area contributed by atoms with Gasteiger partial charge < -0.3 is 0 Å². The number of amides is 2. The third-order valence-electron chi connectivity index (χ3n) is 3.65. The summed E-state index contributed by atoms with van der Waals surface area (Å²) in [6, 6.07) is 5.72. The summed E-state index contributed by atoms with van der Waals surface area (Å²) in [6.07, 6.45) is 0.682. The van der Waals surface area contributed by atoms with Crippen LogP contribution in [-0.2, 0) is 9.59 Å². The number of imide groups is 1. The number of aryl methyl sites for hydroxylation is 2. The van der Waals surface area contributed by atoms with Crippen molar-refractivity contribution in [2.24, 2.45) is 10.2 Å². The summed E-state index contributed by atoms with van der Waals surface area (Å²) in [5.74, 6) is -0.417. The Bertz CT molecular complexity index is 588. The summed E-state index contributed by atoms with van der Waals surface area (Å²) < 4.78 is 0. The Hall–Kier alpha value is -2.04. The van der Waals surface area contributed by atoms with Gasteiger partial charge in [-0.15, -0.1) is 0 Å². The van der Waals surface area contributed by atoms with Crippen LogP contribution in [0.3, 0.4) is 0 Å². The number of nitrogens with zero attached hydrogens (tertiary/aromatic N) is 3. The quantitative estimate of drug-likeness (QED) is 0.724. The molecule has 5 nitrogen and oxygen atoms in total. The van der Waals surface area contributed by atoms with Gasteiger partial charge in [0, 0.05) is 6.42 Å². The van der Waals surface area contributed by atoms with E-state index >= 15 is 0 Å². The molecule has 1 aromatic carbocycles. The lowest BCUT2D eigenvalue weighted by Crippen LogP contribution is -2.38. The van der Waals surface area contributed by atoms with E-state index in [1.165, 1.54) is 4.90 Å². The van der Waals surface area contributed by atoms with Crippen LogP contribution in [0.4, 0.5) is 5.69 Å². The third-order valence-corrected chi connectivity index (χ3v) is 3.65. The second kappa shape index (κ2) is 3.98. The fourth-order valence-electron chi connectivity index (χ4n) is 2.81. The molecule has 2 aliphatic rings. The molecule has 2 amide bonds. The highest BCUT2D eigenvalue weighted by atomic mass is 16.2. The van der Waals surface area contributed by atoms with Crippen molar-refractivity contribution in [1.29, 1.82) is 0 Å². The number of hydrogen-bond donors (Lipinski definition) is 0. The minimum Gasteiger partial charge on any atom is -0.274 e. The molecule has 0 saturated carbocycles. The van der Waals surface area contributed by atoms with Crippen molar-refractivity contribution in [3.05, 3.63) is 29.3 Å². The van der Waals surface area contributed by atoms with E-state index < -0.39 is 5.54 Å². The Kier molecular flexibility index (Phi) is 2.52. The largest absolute Gasteiger partial charge is 0.274 e. The first-order chi connectivity index (χ1) is 9.02. The summed E-state index contributed by atoms with van der Waals surface area (Å²) >= 11 is 0. The first-order valence-corrected chi connectivity index (χ1v) is 6.36. The van der Waals surface area contributed by atoms with Gasteiger partial charge in [0.05, 0.1) is 18.7 Å². The number of carbonyl (C=O) groups is 2. The molecule has 98 valence electrons. The van der Waals surface area contributed by atoms with E-state index in [1.807, 2.05) is 32.0 Å².